The largest absolute Gasteiger partial charge is 0.330 e. The molecule has 16 heavy (non-hydrogen) atoms. The second kappa shape index (κ2) is 5.46. The van der Waals surface area contributed by atoms with E-state index in [0.29, 0.717) is 17.9 Å². The molecule has 1 unspecified atom stereocenters. The molecule has 1 atom stereocenters. The van der Waals surface area contributed by atoms with E-state index in [4.69, 9.17) is 5.73 Å². The fourth-order valence-electron chi connectivity index (χ4n) is 1.54. The molecule has 1 aromatic rings. The predicted octanol–water partition coefficient (Wildman–Crippen LogP) is 1.76. The van der Waals surface area contributed by atoms with Crippen LogP contribution in [0.4, 0.5) is 0 Å². The lowest BCUT2D eigenvalue weighted by molar-refractivity contribution is 0.578. The molecule has 0 aromatic heterocycles. The molecule has 0 aliphatic carbocycles. The maximum Gasteiger partial charge on any atom is 0.181 e. The first kappa shape index (κ1) is 13.2. The minimum absolute atomic E-state index is 0.394. The Morgan fingerprint density at radius 1 is 1.25 bits per heavy atom. The van der Waals surface area contributed by atoms with Crippen LogP contribution in [-0.4, -0.2) is 20.2 Å². The van der Waals surface area contributed by atoms with E-state index in [1.807, 2.05) is 19.1 Å². The molecule has 0 saturated heterocycles. The molecule has 0 saturated carbocycles. The highest BCUT2D eigenvalue weighted by atomic mass is 32.2. The lowest BCUT2D eigenvalue weighted by atomic mass is 10.2. The van der Waals surface area contributed by atoms with E-state index in [9.17, 15) is 8.42 Å². The van der Waals surface area contributed by atoms with Crippen LogP contribution < -0.4 is 5.73 Å². The maximum absolute atomic E-state index is 12.1. The third kappa shape index (κ3) is 2.83. The van der Waals surface area contributed by atoms with Gasteiger partial charge in [-0.15, -0.1) is 0 Å². The van der Waals surface area contributed by atoms with Crippen molar-refractivity contribution in [3.63, 3.8) is 0 Å². The molecular weight excluding hydrogens is 222 g/mol. The molecule has 0 heterocycles. The maximum atomic E-state index is 12.1. The summed E-state index contributed by atoms with van der Waals surface area (Å²) in [6.07, 6.45) is 1.41. The van der Waals surface area contributed by atoms with E-state index in [1.54, 1.807) is 19.1 Å². The summed E-state index contributed by atoms with van der Waals surface area (Å²) < 4.78 is 24.1. The van der Waals surface area contributed by atoms with E-state index >= 15 is 0 Å². The third-order valence-electron chi connectivity index (χ3n) is 2.76. The Balaban J connectivity index is 2.98. The molecule has 1 aromatic carbocycles. The van der Waals surface area contributed by atoms with Gasteiger partial charge in [0.2, 0.25) is 0 Å². The van der Waals surface area contributed by atoms with Gasteiger partial charge in [-0.1, -0.05) is 19.1 Å². The molecule has 4 heteroatoms. The molecule has 0 spiro atoms. The molecule has 0 aliphatic rings. The summed E-state index contributed by atoms with van der Waals surface area (Å²) in [6.45, 7) is 4.14. The van der Waals surface area contributed by atoms with E-state index < -0.39 is 15.1 Å². The number of nitrogens with two attached hydrogens (primary N) is 1. The van der Waals surface area contributed by atoms with E-state index in [0.717, 1.165) is 12.0 Å². The summed E-state index contributed by atoms with van der Waals surface area (Å²) in [6, 6.07) is 7.09. The first-order valence-corrected chi connectivity index (χ1v) is 7.10. The summed E-state index contributed by atoms with van der Waals surface area (Å²) in [7, 11) is -3.21. The number of hydrogen-bond donors (Lipinski definition) is 1. The molecule has 90 valence electrons. The molecule has 0 amide bonds. The van der Waals surface area contributed by atoms with Crippen molar-refractivity contribution in [2.75, 3.05) is 6.54 Å². The van der Waals surface area contributed by atoms with Gasteiger partial charge < -0.3 is 5.73 Å². The number of hydrogen-bond acceptors (Lipinski definition) is 3. The Kier molecular flexibility index (Phi) is 4.50. The Labute approximate surface area is 97.6 Å². The molecule has 2 N–H and O–H groups in total. The predicted molar refractivity (Wildman–Crippen MR) is 66.1 cm³/mol. The molecule has 0 radical (unpaired) electrons. The number of benzene rings is 1. The molecule has 0 bridgehead atoms. The highest BCUT2D eigenvalue weighted by molar-refractivity contribution is 7.92. The van der Waals surface area contributed by atoms with Gasteiger partial charge in [0.25, 0.3) is 0 Å². The van der Waals surface area contributed by atoms with E-state index in [1.165, 1.54) is 0 Å². The van der Waals surface area contributed by atoms with Crippen LogP contribution >= 0.6 is 0 Å². The first-order valence-electron chi connectivity index (χ1n) is 5.55. The average molecular weight is 241 g/mol. The molecular formula is C12H19NO2S. The van der Waals surface area contributed by atoms with Crippen molar-refractivity contribution in [2.24, 2.45) is 5.73 Å². The quantitative estimate of drug-likeness (QED) is 0.854. The van der Waals surface area contributed by atoms with Gasteiger partial charge in [-0.25, -0.2) is 8.42 Å². The van der Waals surface area contributed by atoms with Crippen molar-refractivity contribution < 1.29 is 8.42 Å². The van der Waals surface area contributed by atoms with Crippen molar-refractivity contribution in [3.8, 4) is 0 Å². The Hall–Kier alpha value is -0.870. The van der Waals surface area contributed by atoms with Crippen molar-refractivity contribution in [2.45, 2.75) is 36.8 Å². The zero-order chi connectivity index (χ0) is 12.2. The lowest BCUT2D eigenvalue weighted by Gasteiger charge is -2.12. The van der Waals surface area contributed by atoms with Crippen LogP contribution in [0, 0.1) is 0 Å². The number of aryl methyl sites for hydroxylation is 1. The van der Waals surface area contributed by atoms with Gasteiger partial charge in [0.15, 0.2) is 9.84 Å². The van der Waals surface area contributed by atoms with Gasteiger partial charge in [0, 0.05) is 0 Å². The first-order chi connectivity index (χ1) is 7.52. The van der Waals surface area contributed by atoms with Crippen molar-refractivity contribution in [1.29, 1.82) is 0 Å². The summed E-state index contributed by atoms with van der Waals surface area (Å²) >= 11 is 0. The second-order valence-electron chi connectivity index (χ2n) is 3.93. The zero-order valence-corrected chi connectivity index (χ0v) is 10.6. The molecule has 0 aliphatic heterocycles. The van der Waals surface area contributed by atoms with Crippen molar-refractivity contribution >= 4 is 9.84 Å². The summed E-state index contributed by atoms with van der Waals surface area (Å²) in [5.41, 5.74) is 6.53. The van der Waals surface area contributed by atoms with Gasteiger partial charge >= 0.3 is 0 Å². The number of rotatable bonds is 5. The Morgan fingerprint density at radius 2 is 1.81 bits per heavy atom. The van der Waals surface area contributed by atoms with Crippen LogP contribution in [0.15, 0.2) is 29.2 Å². The normalized spacial score (nSPS) is 13.7. The monoisotopic (exact) mass is 241 g/mol. The van der Waals surface area contributed by atoms with Crippen molar-refractivity contribution in [1.82, 2.24) is 0 Å². The second-order valence-corrected chi connectivity index (χ2v) is 6.30. The Bertz CT molecular complexity index is 423. The third-order valence-corrected chi connectivity index (χ3v) is 4.99. The van der Waals surface area contributed by atoms with Gasteiger partial charge in [-0.3, -0.25) is 0 Å². The fraction of sp³-hybridized carbons (Fsp3) is 0.500. The topological polar surface area (TPSA) is 60.2 Å². The van der Waals surface area contributed by atoms with E-state index in [2.05, 4.69) is 0 Å². The Morgan fingerprint density at radius 3 is 2.25 bits per heavy atom. The molecule has 1 rings (SSSR count). The average Bonchev–Trinajstić information content (AvgIpc) is 2.29. The van der Waals surface area contributed by atoms with Gasteiger partial charge in [-0.2, -0.15) is 0 Å². The van der Waals surface area contributed by atoms with Crippen LogP contribution in [-0.2, 0) is 16.3 Å². The molecule has 0 fully saturated rings. The standard InChI is InChI=1S/C12H19NO2S/c1-3-11-4-6-12(7-5-11)16(14,15)10(2)8-9-13/h4-7,10H,3,8-9,13H2,1-2H3. The highest BCUT2D eigenvalue weighted by Crippen LogP contribution is 2.18. The SMILES string of the molecule is CCc1ccc(S(=O)(=O)C(C)CCN)cc1. The van der Waals surface area contributed by atoms with Crippen LogP contribution in [0.2, 0.25) is 0 Å². The summed E-state index contributed by atoms with van der Waals surface area (Å²) in [5.74, 6) is 0. The van der Waals surface area contributed by atoms with E-state index in [-0.39, 0.29) is 0 Å². The van der Waals surface area contributed by atoms with Gasteiger partial charge in [0.1, 0.15) is 0 Å². The minimum Gasteiger partial charge on any atom is -0.330 e. The molecule has 3 nitrogen and oxygen atoms in total. The fourth-order valence-corrected chi connectivity index (χ4v) is 2.96. The summed E-state index contributed by atoms with van der Waals surface area (Å²) in [5, 5.41) is -0.412. The minimum atomic E-state index is -3.21. The van der Waals surface area contributed by atoms with Gasteiger partial charge in [0.05, 0.1) is 10.1 Å². The van der Waals surface area contributed by atoms with Gasteiger partial charge in [-0.05, 0) is 44.0 Å². The zero-order valence-electron chi connectivity index (χ0n) is 9.81. The van der Waals surface area contributed by atoms with Crippen LogP contribution in [0.25, 0.3) is 0 Å². The van der Waals surface area contributed by atoms with Crippen LogP contribution in [0.5, 0.6) is 0 Å². The summed E-state index contributed by atoms with van der Waals surface area (Å²) in [4.78, 5) is 0.394. The van der Waals surface area contributed by atoms with Crippen LogP contribution in [0.1, 0.15) is 25.8 Å². The smallest absolute Gasteiger partial charge is 0.181 e. The lowest BCUT2D eigenvalue weighted by Crippen LogP contribution is -2.21. The van der Waals surface area contributed by atoms with Crippen LogP contribution in [0.3, 0.4) is 0 Å². The highest BCUT2D eigenvalue weighted by Gasteiger charge is 2.22. The van der Waals surface area contributed by atoms with Crippen molar-refractivity contribution in [3.05, 3.63) is 29.8 Å². The number of sulfone groups is 1.